The monoisotopic (exact) mass is 257 g/mol. The summed E-state index contributed by atoms with van der Waals surface area (Å²) in [6, 6.07) is 9.38. The molecule has 2 atom stereocenters. The molecule has 2 heteroatoms. The van der Waals surface area contributed by atoms with Gasteiger partial charge in [-0.1, -0.05) is 24.3 Å². The van der Waals surface area contributed by atoms with Crippen molar-refractivity contribution in [3.05, 3.63) is 47.2 Å². The molecule has 1 aliphatic carbocycles. The molecule has 0 fully saturated rings. The van der Waals surface area contributed by atoms with E-state index in [0.29, 0.717) is 12.0 Å². The quantitative estimate of drug-likeness (QED) is 0.898. The van der Waals surface area contributed by atoms with Crippen molar-refractivity contribution in [1.82, 2.24) is 5.32 Å². The van der Waals surface area contributed by atoms with Crippen LogP contribution in [0.15, 0.2) is 36.1 Å². The molecule has 1 aromatic carbocycles. The average molecular weight is 257 g/mol. The first-order valence-corrected chi connectivity index (χ1v) is 7.43. The van der Waals surface area contributed by atoms with Crippen molar-refractivity contribution >= 4 is 0 Å². The third-order valence-electron chi connectivity index (χ3n) is 4.53. The van der Waals surface area contributed by atoms with E-state index in [2.05, 4.69) is 36.6 Å². The van der Waals surface area contributed by atoms with Gasteiger partial charge in [-0.25, -0.2) is 0 Å². The molecule has 0 aromatic heterocycles. The van der Waals surface area contributed by atoms with E-state index in [0.717, 1.165) is 13.0 Å². The summed E-state index contributed by atoms with van der Waals surface area (Å²) < 4.78 is 5.52. The van der Waals surface area contributed by atoms with Crippen molar-refractivity contribution in [3.8, 4) is 0 Å². The van der Waals surface area contributed by atoms with E-state index < -0.39 is 0 Å². The third kappa shape index (κ3) is 2.69. The first-order chi connectivity index (χ1) is 9.38. The first kappa shape index (κ1) is 12.7. The molecule has 2 unspecified atom stereocenters. The maximum absolute atomic E-state index is 5.52. The summed E-state index contributed by atoms with van der Waals surface area (Å²) in [5.74, 6) is 0.702. The molecule has 19 heavy (non-hydrogen) atoms. The van der Waals surface area contributed by atoms with Crippen LogP contribution in [0.2, 0.25) is 0 Å². The van der Waals surface area contributed by atoms with E-state index in [4.69, 9.17) is 4.74 Å². The van der Waals surface area contributed by atoms with Crippen molar-refractivity contribution in [2.45, 2.75) is 38.1 Å². The van der Waals surface area contributed by atoms with Gasteiger partial charge in [0.25, 0.3) is 0 Å². The highest BCUT2D eigenvalue weighted by Gasteiger charge is 2.28. The van der Waals surface area contributed by atoms with Gasteiger partial charge in [-0.2, -0.15) is 0 Å². The summed E-state index contributed by atoms with van der Waals surface area (Å²) in [6.07, 6.45) is 8.04. The van der Waals surface area contributed by atoms with Gasteiger partial charge in [-0.15, -0.1) is 0 Å². The Balaban J connectivity index is 1.77. The highest BCUT2D eigenvalue weighted by molar-refractivity contribution is 5.31. The molecule has 0 radical (unpaired) electrons. The lowest BCUT2D eigenvalue weighted by Crippen LogP contribution is -2.39. The van der Waals surface area contributed by atoms with Gasteiger partial charge in [-0.05, 0) is 61.8 Å². The van der Waals surface area contributed by atoms with Crippen LogP contribution >= 0.6 is 0 Å². The second kappa shape index (κ2) is 5.79. The topological polar surface area (TPSA) is 21.3 Å². The zero-order valence-electron chi connectivity index (χ0n) is 11.7. The number of likely N-dealkylation sites (N-methyl/N-ethyl adjacent to an activating group) is 1. The molecule has 102 valence electrons. The van der Waals surface area contributed by atoms with Gasteiger partial charge in [0.1, 0.15) is 0 Å². The summed E-state index contributed by atoms with van der Waals surface area (Å²) in [5.41, 5.74) is 4.54. The van der Waals surface area contributed by atoms with Crippen molar-refractivity contribution in [3.63, 3.8) is 0 Å². The number of benzene rings is 1. The predicted octanol–water partition coefficient (Wildman–Crippen LogP) is 3.07. The molecular formula is C17H23NO. The lowest BCUT2D eigenvalue weighted by atomic mass is 9.77. The maximum Gasteiger partial charge on any atom is 0.0876 e. The minimum Gasteiger partial charge on any atom is -0.501 e. The summed E-state index contributed by atoms with van der Waals surface area (Å²) in [5, 5.41) is 3.52. The van der Waals surface area contributed by atoms with Crippen LogP contribution in [-0.4, -0.2) is 19.7 Å². The number of aryl methyl sites for hydroxylation is 1. The second-order valence-corrected chi connectivity index (χ2v) is 5.71. The Labute approximate surface area is 115 Å². The van der Waals surface area contributed by atoms with Crippen LogP contribution in [-0.2, 0) is 17.6 Å². The molecular weight excluding hydrogens is 234 g/mol. The second-order valence-electron chi connectivity index (χ2n) is 5.71. The molecule has 2 nitrogen and oxygen atoms in total. The van der Waals surface area contributed by atoms with Crippen LogP contribution < -0.4 is 5.32 Å². The van der Waals surface area contributed by atoms with Crippen LogP contribution in [0.4, 0.5) is 0 Å². The van der Waals surface area contributed by atoms with E-state index in [1.165, 1.54) is 36.8 Å². The standard InChI is InChI=1S/C17H23NO/c1-18-17(16-7-4-10-19-12-16)15-9-8-13-5-2-3-6-14(13)11-15/h2-3,5-6,12,15,17-18H,4,7-11H2,1H3. The van der Waals surface area contributed by atoms with Crippen molar-refractivity contribution in [1.29, 1.82) is 0 Å². The van der Waals surface area contributed by atoms with Gasteiger partial charge in [0.2, 0.25) is 0 Å². The van der Waals surface area contributed by atoms with Gasteiger partial charge in [0.05, 0.1) is 12.9 Å². The van der Waals surface area contributed by atoms with Crippen molar-refractivity contribution in [2.75, 3.05) is 13.7 Å². The molecule has 1 N–H and O–H groups in total. The number of nitrogens with one attached hydrogen (secondary N) is 1. The zero-order valence-corrected chi connectivity index (χ0v) is 11.7. The van der Waals surface area contributed by atoms with Crippen LogP contribution in [0, 0.1) is 5.92 Å². The minimum absolute atomic E-state index is 0.480. The Bertz CT molecular complexity index is 466. The Morgan fingerprint density at radius 1 is 1.21 bits per heavy atom. The van der Waals surface area contributed by atoms with Gasteiger partial charge < -0.3 is 10.1 Å². The number of rotatable bonds is 3. The number of hydrogen-bond acceptors (Lipinski definition) is 2. The van der Waals surface area contributed by atoms with E-state index in [-0.39, 0.29) is 0 Å². The van der Waals surface area contributed by atoms with Crippen LogP contribution in [0.5, 0.6) is 0 Å². The van der Waals surface area contributed by atoms with Gasteiger partial charge in [0.15, 0.2) is 0 Å². The predicted molar refractivity (Wildman–Crippen MR) is 78.1 cm³/mol. The molecule has 0 saturated carbocycles. The summed E-state index contributed by atoms with van der Waals surface area (Å²) >= 11 is 0. The smallest absolute Gasteiger partial charge is 0.0876 e. The molecule has 0 bridgehead atoms. The third-order valence-corrected chi connectivity index (χ3v) is 4.53. The fourth-order valence-corrected chi connectivity index (χ4v) is 3.55. The summed E-state index contributed by atoms with van der Waals surface area (Å²) in [7, 11) is 2.08. The molecule has 0 spiro atoms. The molecule has 0 amide bonds. The lowest BCUT2D eigenvalue weighted by Gasteiger charge is -2.34. The Morgan fingerprint density at radius 3 is 2.79 bits per heavy atom. The van der Waals surface area contributed by atoms with E-state index in [9.17, 15) is 0 Å². The lowest BCUT2D eigenvalue weighted by molar-refractivity contribution is 0.213. The van der Waals surface area contributed by atoms with Gasteiger partial charge in [0, 0.05) is 6.04 Å². The van der Waals surface area contributed by atoms with Crippen LogP contribution in [0.1, 0.15) is 30.4 Å². The summed E-state index contributed by atoms with van der Waals surface area (Å²) in [4.78, 5) is 0. The fraction of sp³-hybridized carbons (Fsp3) is 0.529. The fourth-order valence-electron chi connectivity index (χ4n) is 3.55. The Kier molecular flexibility index (Phi) is 3.88. The molecule has 0 saturated heterocycles. The molecule has 3 rings (SSSR count). The van der Waals surface area contributed by atoms with Crippen molar-refractivity contribution in [2.24, 2.45) is 5.92 Å². The highest BCUT2D eigenvalue weighted by Crippen LogP contribution is 2.31. The summed E-state index contributed by atoms with van der Waals surface area (Å²) in [6.45, 7) is 0.882. The van der Waals surface area contributed by atoms with E-state index in [1.807, 2.05) is 6.26 Å². The van der Waals surface area contributed by atoms with Crippen LogP contribution in [0.3, 0.4) is 0 Å². The number of hydrogen-bond donors (Lipinski definition) is 1. The maximum atomic E-state index is 5.52. The largest absolute Gasteiger partial charge is 0.501 e. The van der Waals surface area contributed by atoms with E-state index in [1.54, 1.807) is 5.56 Å². The molecule has 2 aliphatic rings. The zero-order chi connectivity index (χ0) is 13.1. The average Bonchev–Trinajstić information content (AvgIpc) is 2.49. The van der Waals surface area contributed by atoms with Crippen molar-refractivity contribution < 1.29 is 4.74 Å². The normalized spacial score (nSPS) is 24.1. The first-order valence-electron chi connectivity index (χ1n) is 7.43. The Morgan fingerprint density at radius 2 is 2.05 bits per heavy atom. The van der Waals surface area contributed by atoms with E-state index >= 15 is 0 Å². The van der Waals surface area contributed by atoms with Gasteiger partial charge in [-0.3, -0.25) is 0 Å². The van der Waals surface area contributed by atoms with Crippen LogP contribution in [0.25, 0.3) is 0 Å². The number of fused-ring (bicyclic) bond motifs is 1. The molecule has 1 aliphatic heterocycles. The molecule has 1 aromatic rings. The number of ether oxygens (including phenoxy) is 1. The Hall–Kier alpha value is -1.28. The molecule has 1 heterocycles. The minimum atomic E-state index is 0.480. The highest BCUT2D eigenvalue weighted by atomic mass is 16.5. The SMILES string of the molecule is CNC(C1=COCCC1)C1CCc2ccccc2C1. The van der Waals surface area contributed by atoms with Gasteiger partial charge >= 0.3 is 0 Å².